The van der Waals surface area contributed by atoms with Crippen LogP contribution in [0.1, 0.15) is 24.5 Å². The van der Waals surface area contributed by atoms with E-state index in [0.717, 1.165) is 5.56 Å². The number of carboxylic acids is 1. The van der Waals surface area contributed by atoms with Gasteiger partial charge < -0.3 is 15.7 Å². The molecular formula is C22H23FN2O4. The number of amides is 2. The molecule has 0 bridgehead atoms. The van der Waals surface area contributed by atoms with E-state index in [1.165, 1.54) is 31.2 Å². The number of rotatable bonds is 9. The number of hydrogen-bond donors (Lipinski definition) is 3. The first kappa shape index (κ1) is 21.8. The van der Waals surface area contributed by atoms with Crippen LogP contribution in [0.3, 0.4) is 0 Å². The van der Waals surface area contributed by atoms with Crippen LogP contribution in [0.4, 0.5) is 4.39 Å². The van der Waals surface area contributed by atoms with Crippen molar-refractivity contribution < 1.29 is 23.9 Å². The van der Waals surface area contributed by atoms with Crippen molar-refractivity contribution in [3.8, 4) is 0 Å². The maximum atomic E-state index is 13.1. The molecule has 0 saturated carbocycles. The van der Waals surface area contributed by atoms with Gasteiger partial charge in [0, 0.05) is 13.3 Å². The van der Waals surface area contributed by atoms with Crippen LogP contribution >= 0.6 is 0 Å². The summed E-state index contributed by atoms with van der Waals surface area (Å²) < 4.78 is 13.1. The Balaban J connectivity index is 2.04. The van der Waals surface area contributed by atoms with Gasteiger partial charge in [-0.25, -0.2) is 9.18 Å². The normalized spacial score (nSPS) is 12.9. The van der Waals surface area contributed by atoms with E-state index in [1.807, 2.05) is 30.3 Å². The lowest BCUT2D eigenvalue weighted by Gasteiger charge is -2.20. The fourth-order valence-corrected chi connectivity index (χ4v) is 2.71. The Bertz CT molecular complexity index is 866. The molecule has 3 N–H and O–H groups in total. The Labute approximate surface area is 168 Å². The molecule has 2 atom stereocenters. The van der Waals surface area contributed by atoms with Gasteiger partial charge in [0.05, 0.1) is 0 Å². The summed E-state index contributed by atoms with van der Waals surface area (Å²) in [5.74, 6) is -2.64. The van der Waals surface area contributed by atoms with Crippen LogP contribution < -0.4 is 10.6 Å². The third-order valence-electron chi connectivity index (χ3n) is 4.14. The minimum absolute atomic E-state index is 0.0826. The van der Waals surface area contributed by atoms with E-state index < -0.39 is 35.7 Å². The summed E-state index contributed by atoms with van der Waals surface area (Å²) in [4.78, 5) is 35.6. The summed E-state index contributed by atoms with van der Waals surface area (Å²) in [6.07, 6.45) is 3.63. The van der Waals surface area contributed by atoms with Gasteiger partial charge in [-0.05, 0) is 29.7 Å². The predicted octanol–water partition coefficient (Wildman–Crippen LogP) is 2.55. The van der Waals surface area contributed by atoms with Gasteiger partial charge in [-0.15, -0.1) is 0 Å². The lowest BCUT2D eigenvalue weighted by Crippen LogP contribution is -2.52. The van der Waals surface area contributed by atoms with E-state index in [2.05, 4.69) is 10.6 Å². The van der Waals surface area contributed by atoms with Gasteiger partial charge in [-0.1, -0.05) is 54.6 Å². The Morgan fingerprint density at radius 3 is 2.24 bits per heavy atom. The van der Waals surface area contributed by atoms with E-state index in [1.54, 1.807) is 12.2 Å². The Hall–Kier alpha value is -3.48. The van der Waals surface area contributed by atoms with Crippen molar-refractivity contribution in [2.24, 2.45) is 0 Å². The van der Waals surface area contributed by atoms with Crippen LogP contribution in [0.15, 0.2) is 60.7 Å². The Kier molecular flexibility index (Phi) is 8.09. The molecule has 0 fully saturated rings. The van der Waals surface area contributed by atoms with E-state index in [9.17, 15) is 23.9 Å². The molecule has 2 aromatic rings. The van der Waals surface area contributed by atoms with Gasteiger partial charge in [0.1, 0.15) is 17.9 Å². The number of aliphatic carboxylic acids is 1. The molecule has 0 aliphatic heterocycles. The SMILES string of the molecule is CC(=O)N[C@H](Cc1ccc(F)cc1)C(=O)N[C@H](C/C=C/c1ccccc1)C(=O)O. The maximum absolute atomic E-state index is 13.1. The molecule has 0 spiro atoms. The lowest BCUT2D eigenvalue weighted by molar-refractivity contribution is -0.142. The fraction of sp³-hybridized carbons (Fsp3) is 0.227. The standard InChI is InChI=1S/C22H23FN2O4/c1-15(26)24-20(14-17-10-12-18(23)13-11-17)21(27)25-19(22(28)29)9-5-8-16-6-3-2-4-7-16/h2-8,10-13,19-20H,9,14H2,1H3,(H,24,26)(H,25,27)(H,28,29)/b8-5+/t19-,20-/m1/s1. The van der Waals surface area contributed by atoms with Crippen molar-refractivity contribution in [2.45, 2.75) is 31.8 Å². The molecule has 152 valence electrons. The van der Waals surface area contributed by atoms with Gasteiger partial charge >= 0.3 is 5.97 Å². The summed E-state index contributed by atoms with van der Waals surface area (Å²) in [5.41, 5.74) is 1.55. The molecule has 0 aliphatic carbocycles. The molecule has 29 heavy (non-hydrogen) atoms. The summed E-state index contributed by atoms with van der Waals surface area (Å²) in [7, 11) is 0. The molecule has 7 heteroatoms. The maximum Gasteiger partial charge on any atom is 0.326 e. The first-order valence-electron chi connectivity index (χ1n) is 9.11. The number of carboxylic acid groups (broad SMARTS) is 1. The molecular weight excluding hydrogens is 375 g/mol. The second-order valence-electron chi connectivity index (χ2n) is 6.53. The van der Waals surface area contributed by atoms with Crippen LogP contribution in [0.2, 0.25) is 0 Å². The molecule has 0 aromatic heterocycles. The lowest BCUT2D eigenvalue weighted by atomic mass is 10.0. The zero-order valence-electron chi connectivity index (χ0n) is 16.0. The van der Waals surface area contributed by atoms with Crippen molar-refractivity contribution in [2.75, 3.05) is 0 Å². The summed E-state index contributed by atoms with van der Waals surface area (Å²) >= 11 is 0. The summed E-state index contributed by atoms with van der Waals surface area (Å²) in [6, 6.07) is 12.8. The minimum atomic E-state index is -1.18. The highest BCUT2D eigenvalue weighted by Crippen LogP contribution is 2.08. The number of hydrogen-bond acceptors (Lipinski definition) is 3. The highest BCUT2D eigenvalue weighted by molar-refractivity contribution is 5.90. The number of carbonyl (C=O) groups excluding carboxylic acids is 2. The van der Waals surface area contributed by atoms with Crippen LogP contribution in [-0.2, 0) is 20.8 Å². The Morgan fingerprint density at radius 2 is 1.66 bits per heavy atom. The van der Waals surface area contributed by atoms with Crippen LogP contribution in [-0.4, -0.2) is 35.0 Å². The minimum Gasteiger partial charge on any atom is -0.480 e. The highest BCUT2D eigenvalue weighted by Gasteiger charge is 2.25. The average Bonchev–Trinajstić information content (AvgIpc) is 2.68. The average molecular weight is 398 g/mol. The van der Waals surface area contributed by atoms with Crippen molar-refractivity contribution in [3.63, 3.8) is 0 Å². The second-order valence-corrected chi connectivity index (χ2v) is 6.53. The van der Waals surface area contributed by atoms with Crippen molar-refractivity contribution >= 4 is 23.9 Å². The summed E-state index contributed by atoms with van der Waals surface area (Å²) in [6.45, 7) is 1.27. The molecule has 0 heterocycles. The van der Waals surface area contributed by atoms with Gasteiger partial charge in [0.25, 0.3) is 0 Å². The van der Waals surface area contributed by atoms with Crippen LogP contribution in [0.5, 0.6) is 0 Å². The molecule has 6 nitrogen and oxygen atoms in total. The van der Waals surface area contributed by atoms with E-state index in [-0.39, 0.29) is 12.8 Å². The molecule has 2 amide bonds. The smallest absolute Gasteiger partial charge is 0.326 e. The van der Waals surface area contributed by atoms with Crippen molar-refractivity contribution in [3.05, 3.63) is 77.6 Å². The van der Waals surface area contributed by atoms with Gasteiger partial charge in [0.2, 0.25) is 11.8 Å². The highest BCUT2D eigenvalue weighted by atomic mass is 19.1. The topological polar surface area (TPSA) is 95.5 Å². The Morgan fingerprint density at radius 1 is 1.00 bits per heavy atom. The van der Waals surface area contributed by atoms with Gasteiger partial charge in [-0.3, -0.25) is 9.59 Å². The van der Waals surface area contributed by atoms with E-state index >= 15 is 0 Å². The first-order chi connectivity index (χ1) is 13.8. The molecule has 2 aromatic carbocycles. The third-order valence-corrected chi connectivity index (χ3v) is 4.14. The molecule has 0 radical (unpaired) electrons. The second kappa shape index (κ2) is 10.8. The van der Waals surface area contributed by atoms with E-state index in [4.69, 9.17) is 0 Å². The van der Waals surface area contributed by atoms with Crippen LogP contribution in [0.25, 0.3) is 6.08 Å². The number of nitrogens with one attached hydrogen (secondary N) is 2. The van der Waals surface area contributed by atoms with E-state index in [0.29, 0.717) is 5.56 Å². The molecule has 0 saturated heterocycles. The molecule has 2 rings (SSSR count). The number of halogens is 1. The fourth-order valence-electron chi connectivity index (χ4n) is 2.71. The predicted molar refractivity (Wildman–Crippen MR) is 107 cm³/mol. The zero-order valence-corrected chi connectivity index (χ0v) is 16.0. The van der Waals surface area contributed by atoms with Crippen molar-refractivity contribution in [1.29, 1.82) is 0 Å². The van der Waals surface area contributed by atoms with Crippen LogP contribution in [0, 0.1) is 5.82 Å². The van der Waals surface area contributed by atoms with Gasteiger partial charge in [-0.2, -0.15) is 0 Å². The number of carbonyl (C=O) groups is 3. The zero-order chi connectivity index (χ0) is 21.2. The monoisotopic (exact) mass is 398 g/mol. The quantitative estimate of drug-likeness (QED) is 0.605. The first-order valence-corrected chi connectivity index (χ1v) is 9.11. The van der Waals surface area contributed by atoms with Crippen molar-refractivity contribution in [1.82, 2.24) is 10.6 Å². The third kappa shape index (κ3) is 7.57. The molecule has 0 unspecified atom stereocenters. The molecule has 0 aliphatic rings. The number of benzene rings is 2. The summed E-state index contributed by atoms with van der Waals surface area (Å²) in [5, 5.41) is 14.4. The largest absolute Gasteiger partial charge is 0.480 e. The van der Waals surface area contributed by atoms with Gasteiger partial charge in [0.15, 0.2) is 0 Å².